The fourth-order valence-corrected chi connectivity index (χ4v) is 3.46. The molecule has 2 aliphatic rings. The molecule has 132 valence electrons. The van der Waals surface area contributed by atoms with Crippen molar-refractivity contribution >= 4 is 22.5 Å². The maximum absolute atomic E-state index is 6.45. The van der Waals surface area contributed by atoms with E-state index in [1.54, 1.807) is 7.05 Å². The van der Waals surface area contributed by atoms with Gasteiger partial charge in [0.25, 0.3) is 0 Å². The molecule has 6 nitrogen and oxygen atoms in total. The standard InChI is InChI=1S/C17H25ClN4O2/c1-20-17(18)12(10-22-7-4-2-3-5-8-22)15(19)16-13-11-23-9-6-14(13)24-21-16/h2-11,19H2,1H3/b15-12-,20-17?. The number of halogens is 1. The first kappa shape index (κ1) is 17.5. The second kappa shape index (κ2) is 8.14. The lowest BCUT2D eigenvalue weighted by Gasteiger charge is -2.22. The zero-order valence-electron chi connectivity index (χ0n) is 14.2. The van der Waals surface area contributed by atoms with Crippen LogP contribution in [0, 0.1) is 0 Å². The Morgan fingerprint density at radius 1 is 1.29 bits per heavy atom. The van der Waals surface area contributed by atoms with Gasteiger partial charge in [0, 0.05) is 25.6 Å². The van der Waals surface area contributed by atoms with Crippen molar-refractivity contribution in [2.75, 3.05) is 33.3 Å². The molecule has 1 fully saturated rings. The summed E-state index contributed by atoms with van der Waals surface area (Å²) in [7, 11) is 1.68. The Labute approximate surface area is 147 Å². The van der Waals surface area contributed by atoms with E-state index in [2.05, 4.69) is 15.0 Å². The Bertz CT molecular complexity index is 631. The number of nitrogens with zero attached hydrogens (tertiary/aromatic N) is 3. The van der Waals surface area contributed by atoms with Crippen LogP contribution >= 0.6 is 11.6 Å². The summed E-state index contributed by atoms with van der Waals surface area (Å²) in [6.45, 7) is 3.94. The van der Waals surface area contributed by atoms with Gasteiger partial charge >= 0.3 is 0 Å². The first-order valence-electron chi connectivity index (χ1n) is 8.60. The number of rotatable bonds is 4. The fraction of sp³-hybridized carbons (Fsp3) is 0.647. The van der Waals surface area contributed by atoms with E-state index in [9.17, 15) is 0 Å². The van der Waals surface area contributed by atoms with E-state index >= 15 is 0 Å². The highest BCUT2D eigenvalue weighted by molar-refractivity contribution is 6.70. The lowest BCUT2D eigenvalue weighted by Crippen LogP contribution is -2.30. The van der Waals surface area contributed by atoms with Crippen molar-refractivity contribution in [2.24, 2.45) is 10.7 Å². The highest BCUT2D eigenvalue weighted by atomic mass is 35.5. The maximum atomic E-state index is 6.45. The van der Waals surface area contributed by atoms with Gasteiger partial charge in [-0.05, 0) is 25.9 Å². The highest BCUT2D eigenvalue weighted by Crippen LogP contribution is 2.27. The van der Waals surface area contributed by atoms with Crippen molar-refractivity contribution < 1.29 is 9.26 Å². The van der Waals surface area contributed by atoms with Gasteiger partial charge < -0.3 is 15.0 Å². The Hall–Kier alpha value is -1.37. The molecule has 1 aromatic heterocycles. The molecule has 0 atom stereocenters. The second-order valence-electron chi connectivity index (χ2n) is 6.33. The summed E-state index contributed by atoms with van der Waals surface area (Å²) in [5.74, 6) is 0.859. The van der Waals surface area contributed by atoms with Crippen molar-refractivity contribution in [2.45, 2.75) is 38.7 Å². The van der Waals surface area contributed by atoms with E-state index in [-0.39, 0.29) is 0 Å². The summed E-state index contributed by atoms with van der Waals surface area (Å²) >= 11 is 6.38. The number of aromatic nitrogens is 1. The van der Waals surface area contributed by atoms with Crippen LogP contribution in [0.4, 0.5) is 0 Å². The molecule has 0 aliphatic carbocycles. The van der Waals surface area contributed by atoms with E-state index < -0.39 is 0 Å². The van der Waals surface area contributed by atoms with Crippen molar-refractivity contribution in [3.8, 4) is 0 Å². The van der Waals surface area contributed by atoms with Gasteiger partial charge in [0.05, 0.1) is 24.5 Å². The molecule has 0 spiro atoms. The predicted molar refractivity (Wildman–Crippen MR) is 95.1 cm³/mol. The minimum absolute atomic E-state index is 0.435. The zero-order chi connectivity index (χ0) is 16.9. The Balaban J connectivity index is 1.91. The Kier molecular flexibility index (Phi) is 5.92. The molecule has 0 aromatic carbocycles. The molecule has 7 heteroatoms. The van der Waals surface area contributed by atoms with Crippen molar-refractivity contribution in [3.63, 3.8) is 0 Å². The Morgan fingerprint density at radius 2 is 2.04 bits per heavy atom. The van der Waals surface area contributed by atoms with Crippen LogP contribution in [-0.4, -0.2) is 48.5 Å². The van der Waals surface area contributed by atoms with Gasteiger partial charge in [-0.1, -0.05) is 29.6 Å². The van der Waals surface area contributed by atoms with Gasteiger partial charge in [0.15, 0.2) is 0 Å². The largest absolute Gasteiger partial charge is 0.397 e. The molecule has 3 heterocycles. The Morgan fingerprint density at radius 3 is 2.75 bits per heavy atom. The van der Waals surface area contributed by atoms with Crippen LogP contribution in [0.15, 0.2) is 15.1 Å². The van der Waals surface area contributed by atoms with E-state index in [4.69, 9.17) is 26.6 Å². The molecular weight excluding hydrogens is 328 g/mol. The molecule has 0 amide bonds. The predicted octanol–water partition coefficient (Wildman–Crippen LogP) is 2.56. The van der Waals surface area contributed by atoms with E-state index in [0.29, 0.717) is 36.3 Å². The number of ether oxygens (including phenoxy) is 1. The average molecular weight is 353 g/mol. The lowest BCUT2D eigenvalue weighted by molar-refractivity contribution is 0.102. The summed E-state index contributed by atoms with van der Waals surface area (Å²) < 4.78 is 11.0. The summed E-state index contributed by atoms with van der Waals surface area (Å²) in [6.07, 6.45) is 5.72. The summed E-state index contributed by atoms with van der Waals surface area (Å²) in [5, 5.41) is 4.61. The second-order valence-corrected chi connectivity index (χ2v) is 6.69. The van der Waals surface area contributed by atoms with Crippen LogP contribution in [0.25, 0.3) is 5.70 Å². The van der Waals surface area contributed by atoms with Crippen molar-refractivity contribution in [1.29, 1.82) is 0 Å². The third-order valence-corrected chi connectivity index (χ3v) is 5.09. The molecule has 0 saturated carbocycles. The third-order valence-electron chi connectivity index (χ3n) is 4.70. The molecule has 1 aromatic rings. The van der Waals surface area contributed by atoms with Crippen molar-refractivity contribution in [3.05, 3.63) is 22.6 Å². The highest BCUT2D eigenvalue weighted by Gasteiger charge is 2.25. The summed E-state index contributed by atoms with van der Waals surface area (Å²) in [5.41, 5.74) is 9.41. The molecular formula is C17H25ClN4O2. The van der Waals surface area contributed by atoms with Crippen LogP contribution in [0.1, 0.15) is 42.7 Å². The van der Waals surface area contributed by atoms with Gasteiger partial charge in [0.1, 0.15) is 16.6 Å². The van der Waals surface area contributed by atoms with E-state index in [1.165, 1.54) is 25.7 Å². The number of fused-ring (bicyclic) bond motifs is 1. The quantitative estimate of drug-likeness (QED) is 0.843. The SMILES string of the molecule is CN=C(Cl)/C(CN1CCCCCC1)=C(\N)c1noc2c1COCC2. The van der Waals surface area contributed by atoms with E-state index in [0.717, 1.165) is 36.4 Å². The minimum atomic E-state index is 0.435. The smallest absolute Gasteiger partial charge is 0.145 e. The molecule has 24 heavy (non-hydrogen) atoms. The van der Waals surface area contributed by atoms with Gasteiger partial charge in [-0.25, -0.2) is 0 Å². The molecule has 0 radical (unpaired) electrons. The fourth-order valence-electron chi connectivity index (χ4n) is 3.30. The molecule has 2 N–H and O–H groups in total. The van der Waals surface area contributed by atoms with Gasteiger partial charge in [-0.3, -0.25) is 9.89 Å². The van der Waals surface area contributed by atoms with E-state index in [1.807, 2.05) is 0 Å². The first-order valence-corrected chi connectivity index (χ1v) is 8.97. The number of likely N-dealkylation sites (tertiary alicyclic amines) is 1. The number of nitrogens with two attached hydrogens (primary N) is 1. The topological polar surface area (TPSA) is 76.9 Å². The number of hydrogen-bond donors (Lipinski definition) is 1. The summed E-state index contributed by atoms with van der Waals surface area (Å²) in [6, 6.07) is 0. The minimum Gasteiger partial charge on any atom is -0.397 e. The van der Waals surface area contributed by atoms with Crippen LogP contribution < -0.4 is 5.73 Å². The summed E-state index contributed by atoms with van der Waals surface area (Å²) in [4.78, 5) is 6.54. The van der Waals surface area contributed by atoms with Gasteiger partial charge in [0.2, 0.25) is 0 Å². The van der Waals surface area contributed by atoms with Crippen LogP contribution in [0.3, 0.4) is 0 Å². The zero-order valence-corrected chi connectivity index (χ0v) is 14.9. The molecule has 0 bridgehead atoms. The number of aliphatic imine (C=N–C) groups is 1. The van der Waals surface area contributed by atoms with Crippen molar-refractivity contribution in [1.82, 2.24) is 10.1 Å². The van der Waals surface area contributed by atoms with Gasteiger partial charge in [-0.15, -0.1) is 0 Å². The third kappa shape index (κ3) is 3.82. The molecule has 2 aliphatic heterocycles. The molecule has 0 unspecified atom stereocenters. The average Bonchev–Trinajstić information content (AvgIpc) is 2.87. The van der Waals surface area contributed by atoms with Crippen LogP contribution in [0.2, 0.25) is 0 Å². The first-order chi connectivity index (χ1) is 11.7. The maximum Gasteiger partial charge on any atom is 0.145 e. The number of hydrogen-bond acceptors (Lipinski definition) is 6. The lowest BCUT2D eigenvalue weighted by atomic mass is 10.0. The molecule has 3 rings (SSSR count). The normalized spacial score (nSPS) is 21.2. The van der Waals surface area contributed by atoms with Crippen LogP contribution in [-0.2, 0) is 17.8 Å². The monoisotopic (exact) mass is 352 g/mol. The van der Waals surface area contributed by atoms with Gasteiger partial charge in [-0.2, -0.15) is 0 Å². The van der Waals surface area contributed by atoms with Crippen LogP contribution in [0.5, 0.6) is 0 Å². The molecule has 1 saturated heterocycles.